The van der Waals surface area contributed by atoms with Crippen molar-refractivity contribution in [3.63, 3.8) is 0 Å². The van der Waals surface area contributed by atoms with Gasteiger partial charge in [-0.3, -0.25) is 0 Å². The van der Waals surface area contributed by atoms with E-state index >= 15 is 0 Å². The zero-order valence-corrected chi connectivity index (χ0v) is 32.0. The van der Waals surface area contributed by atoms with Crippen molar-refractivity contribution >= 4 is 11.8 Å². The van der Waals surface area contributed by atoms with Gasteiger partial charge in [0.2, 0.25) is 0 Å². The van der Waals surface area contributed by atoms with E-state index in [2.05, 4.69) is 0 Å². The average Bonchev–Trinajstić information content (AvgIpc) is 3.11. The molecule has 0 aliphatic heterocycles. The molecule has 0 saturated carbocycles. The maximum Gasteiger partial charge on any atom is 0.410 e. The second kappa shape index (κ2) is 34.4. The lowest BCUT2D eigenvalue weighted by molar-refractivity contribution is -0.0279. The minimum absolute atomic E-state index is 0.366. The van der Waals surface area contributed by atoms with E-state index in [4.69, 9.17) is 67.3 Å². The van der Waals surface area contributed by atoms with Crippen molar-refractivity contribution in [1.29, 1.82) is 0 Å². The highest BCUT2D eigenvalue weighted by Crippen LogP contribution is 2.19. The van der Waals surface area contributed by atoms with Crippen LogP contribution in [0.3, 0.4) is 0 Å². The number of para-hydroxylation sites is 2. The standard InChI is InChI=1S/C36H66N2O14/c1-36(2,3)52-35(39)38(4)9-10-40-11-12-41-13-14-42-15-16-43-17-18-44-19-20-45-21-22-46-23-24-47-25-26-48-27-28-49-29-30-50-31-32-51-34-8-6-5-7-33(34)37/h5-8H,9-32,37H2,1-4H3. The van der Waals surface area contributed by atoms with Crippen molar-refractivity contribution in [3.8, 4) is 5.75 Å². The molecule has 0 spiro atoms. The number of nitrogens with zero attached hydrogens (tertiary/aromatic N) is 1. The minimum atomic E-state index is -0.513. The monoisotopic (exact) mass is 750 g/mol. The summed E-state index contributed by atoms with van der Waals surface area (Å²) in [6.07, 6.45) is -0.366. The van der Waals surface area contributed by atoms with Gasteiger partial charge in [-0.25, -0.2) is 4.79 Å². The lowest BCUT2D eigenvalue weighted by Gasteiger charge is -2.24. The zero-order chi connectivity index (χ0) is 37.8. The molecular formula is C36H66N2O14. The van der Waals surface area contributed by atoms with Crippen LogP contribution < -0.4 is 10.5 Å². The Balaban J connectivity index is 1.65. The molecule has 0 fully saturated rings. The van der Waals surface area contributed by atoms with E-state index in [0.717, 1.165) is 0 Å². The number of likely N-dealkylation sites (N-methyl/N-ethyl adjacent to an activating group) is 1. The fraction of sp³-hybridized carbons (Fsp3) is 0.806. The summed E-state index contributed by atoms with van der Waals surface area (Å²) in [4.78, 5) is 13.4. The van der Waals surface area contributed by atoms with Gasteiger partial charge in [0.1, 0.15) is 18.0 Å². The van der Waals surface area contributed by atoms with Crippen LogP contribution >= 0.6 is 0 Å². The van der Waals surface area contributed by atoms with Crippen LogP contribution in [0.5, 0.6) is 5.75 Å². The van der Waals surface area contributed by atoms with Crippen LogP contribution in [-0.4, -0.2) is 182 Å². The molecule has 16 nitrogen and oxygen atoms in total. The Labute approximate surface area is 310 Å². The number of hydrogen-bond donors (Lipinski definition) is 1. The molecule has 0 bridgehead atoms. The predicted octanol–water partition coefficient (Wildman–Crippen LogP) is 2.70. The number of benzene rings is 1. The highest BCUT2D eigenvalue weighted by atomic mass is 16.6. The van der Waals surface area contributed by atoms with Crippen molar-refractivity contribution < 1.29 is 66.4 Å². The van der Waals surface area contributed by atoms with Gasteiger partial charge in [0.25, 0.3) is 0 Å². The number of nitrogen functional groups attached to an aromatic ring is 1. The Kier molecular flexibility index (Phi) is 31.6. The summed E-state index contributed by atoms with van der Waals surface area (Å²) in [5.41, 5.74) is 5.92. The van der Waals surface area contributed by atoms with Crippen molar-refractivity contribution in [2.45, 2.75) is 26.4 Å². The Morgan fingerprint density at radius 1 is 0.500 bits per heavy atom. The van der Waals surface area contributed by atoms with E-state index in [1.54, 1.807) is 13.1 Å². The smallest absolute Gasteiger partial charge is 0.410 e. The van der Waals surface area contributed by atoms with Crippen molar-refractivity contribution in [3.05, 3.63) is 24.3 Å². The predicted molar refractivity (Wildman–Crippen MR) is 194 cm³/mol. The number of nitrogens with two attached hydrogens (primary N) is 1. The number of amides is 1. The van der Waals surface area contributed by atoms with E-state index in [1.165, 1.54) is 4.90 Å². The zero-order valence-electron chi connectivity index (χ0n) is 32.0. The summed E-state index contributed by atoms with van der Waals surface area (Å²) in [7, 11) is 1.68. The van der Waals surface area contributed by atoms with Crippen molar-refractivity contribution in [2.75, 3.05) is 171 Å². The van der Waals surface area contributed by atoms with Crippen LogP contribution in [0.4, 0.5) is 10.5 Å². The molecule has 2 N–H and O–H groups in total. The second-order valence-electron chi connectivity index (χ2n) is 12.0. The topological polar surface area (TPSA) is 166 Å². The molecule has 1 rings (SSSR count). The molecular weight excluding hydrogens is 684 g/mol. The molecule has 0 saturated heterocycles. The Morgan fingerprint density at radius 2 is 0.788 bits per heavy atom. The first-order valence-corrected chi connectivity index (χ1v) is 18.1. The molecule has 16 heteroatoms. The average molecular weight is 751 g/mol. The number of anilines is 1. The van der Waals surface area contributed by atoms with Gasteiger partial charge < -0.3 is 72.2 Å². The Bertz CT molecular complexity index is 941. The van der Waals surface area contributed by atoms with Gasteiger partial charge in [-0.15, -0.1) is 0 Å². The van der Waals surface area contributed by atoms with Gasteiger partial charge in [-0.1, -0.05) is 12.1 Å². The molecule has 0 radical (unpaired) electrons. The first-order valence-electron chi connectivity index (χ1n) is 18.1. The van der Waals surface area contributed by atoms with Crippen LogP contribution in [0.2, 0.25) is 0 Å². The molecule has 52 heavy (non-hydrogen) atoms. The second-order valence-corrected chi connectivity index (χ2v) is 12.0. The minimum Gasteiger partial charge on any atom is -0.489 e. The first kappa shape index (κ1) is 47.7. The normalized spacial score (nSPS) is 11.6. The lowest BCUT2D eigenvalue weighted by Crippen LogP contribution is -2.36. The van der Waals surface area contributed by atoms with Gasteiger partial charge in [0.05, 0.1) is 151 Å². The van der Waals surface area contributed by atoms with E-state index < -0.39 is 5.60 Å². The van der Waals surface area contributed by atoms with E-state index in [9.17, 15) is 4.79 Å². The summed E-state index contributed by atoms with van der Waals surface area (Å²) >= 11 is 0. The first-order chi connectivity index (χ1) is 25.3. The summed E-state index contributed by atoms with van der Waals surface area (Å²) in [6, 6.07) is 7.37. The van der Waals surface area contributed by atoms with Crippen LogP contribution in [-0.2, 0) is 56.8 Å². The number of rotatable bonds is 37. The fourth-order valence-electron chi connectivity index (χ4n) is 3.76. The number of ether oxygens (including phenoxy) is 13. The van der Waals surface area contributed by atoms with Crippen LogP contribution in [0, 0.1) is 0 Å². The Morgan fingerprint density at radius 3 is 1.10 bits per heavy atom. The summed E-state index contributed by atoms with van der Waals surface area (Å²) in [5, 5.41) is 0. The third kappa shape index (κ3) is 32.3. The molecule has 0 aliphatic rings. The summed E-state index contributed by atoms with van der Waals surface area (Å²) in [6.45, 7) is 17.0. The molecule has 1 aromatic rings. The quantitative estimate of drug-likeness (QED) is 0.0779. The van der Waals surface area contributed by atoms with Crippen molar-refractivity contribution in [2.24, 2.45) is 0 Å². The third-order valence-corrected chi connectivity index (χ3v) is 6.40. The van der Waals surface area contributed by atoms with Gasteiger partial charge in [-0.05, 0) is 32.9 Å². The molecule has 0 unspecified atom stereocenters. The lowest BCUT2D eigenvalue weighted by atomic mass is 10.2. The van der Waals surface area contributed by atoms with E-state index in [-0.39, 0.29) is 6.09 Å². The van der Waals surface area contributed by atoms with Crippen LogP contribution in [0.25, 0.3) is 0 Å². The fourth-order valence-corrected chi connectivity index (χ4v) is 3.76. The molecule has 0 atom stereocenters. The van der Waals surface area contributed by atoms with Gasteiger partial charge in [-0.2, -0.15) is 0 Å². The third-order valence-electron chi connectivity index (χ3n) is 6.40. The van der Waals surface area contributed by atoms with Gasteiger partial charge in [0, 0.05) is 13.6 Å². The van der Waals surface area contributed by atoms with Crippen molar-refractivity contribution in [1.82, 2.24) is 4.90 Å². The van der Waals surface area contributed by atoms with E-state index in [1.807, 2.05) is 39.0 Å². The largest absolute Gasteiger partial charge is 0.489 e. The summed E-state index contributed by atoms with van der Waals surface area (Å²) < 4.78 is 71.2. The maximum atomic E-state index is 11.9. The molecule has 0 heterocycles. The SMILES string of the molecule is CN(CCOCCOCCOCCOCCOCCOCCOCCOCCOCCOCCOCCOc1ccccc1N)C(=O)OC(C)(C)C. The highest BCUT2D eigenvalue weighted by Gasteiger charge is 2.19. The van der Waals surface area contributed by atoms with Crippen LogP contribution in [0.15, 0.2) is 24.3 Å². The molecule has 304 valence electrons. The summed E-state index contributed by atoms with van der Waals surface area (Å²) in [5.74, 6) is 0.664. The highest BCUT2D eigenvalue weighted by molar-refractivity contribution is 5.67. The molecule has 0 aromatic heterocycles. The molecule has 1 aromatic carbocycles. The Hall–Kier alpha value is -2.35. The van der Waals surface area contributed by atoms with E-state index in [0.29, 0.717) is 170 Å². The number of carbonyl (C=O) groups excluding carboxylic acids is 1. The van der Waals surface area contributed by atoms with Gasteiger partial charge >= 0.3 is 6.09 Å². The maximum absolute atomic E-state index is 11.9. The molecule has 1 amide bonds. The van der Waals surface area contributed by atoms with Gasteiger partial charge in [0.15, 0.2) is 0 Å². The number of carbonyl (C=O) groups is 1. The van der Waals surface area contributed by atoms with Crippen LogP contribution in [0.1, 0.15) is 20.8 Å². The number of hydrogen-bond acceptors (Lipinski definition) is 15. The molecule has 0 aliphatic carbocycles.